The third-order valence-electron chi connectivity index (χ3n) is 2.99. The highest BCUT2D eigenvalue weighted by molar-refractivity contribution is 5.85. The van der Waals surface area contributed by atoms with E-state index in [0.29, 0.717) is 25.9 Å². The maximum absolute atomic E-state index is 13.5. The first-order valence-electron chi connectivity index (χ1n) is 5.03. The summed E-state index contributed by atoms with van der Waals surface area (Å²) >= 11 is 0. The van der Waals surface area contributed by atoms with Crippen molar-refractivity contribution in [1.82, 2.24) is 10.2 Å². The number of carbonyl (C=O) groups is 1. The summed E-state index contributed by atoms with van der Waals surface area (Å²) in [5, 5.41) is 12.2. The molecule has 88 valence electrons. The van der Waals surface area contributed by atoms with Gasteiger partial charge in [0.15, 0.2) is 0 Å². The monoisotopic (exact) mass is 238 g/mol. The molecule has 2 aliphatic rings. The van der Waals surface area contributed by atoms with E-state index >= 15 is 0 Å². The van der Waals surface area contributed by atoms with Crippen LogP contribution in [0.15, 0.2) is 0 Å². The normalized spacial score (nSPS) is 36.5. The van der Waals surface area contributed by atoms with Gasteiger partial charge in [-0.2, -0.15) is 0 Å². The zero-order chi connectivity index (χ0) is 10.1. The molecule has 15 heavy (non-hydrogen) atoms. The molecule has 2 fully saturated rings. The number of nitrogens with zero attached hydrogens (tertiary/aromatic N) is 1. The van der Waals surface area contributed by atoms with Gasteiger partial charge in [-0.05, 0) is 19.4 Å². The lowest BCUT2D eigenvalue weighted by atomic mass is 10.0. The van der Waals surface area contributed by atoms with Crippen LogP contribution in [0.4, 0.5) is 4.39 Å². The molecule has 4 nitrogen and oxygen atoms in total. The molecule has 0 spiro atoms. The molecule has 0 aliphatic carbocycles. The van der Waals surface area contributed by atoms with Gasteiger partial charge in [-0.3, -0.25) is 4.79 Å². The van der Waals surface area contributed by atoms with Crippen LogP contribution >= 0.6 is 12.4 Å². The van der Waals surface area contributed by atoms with E-state index in [1.807, 2.05) is 0 Å². The van der Waals surface area contributed by atoms with Crippen LogP contribution in [0.25, 0.3) is 0 Å². The lowest BCUT2D eigenvalue weighted by Gasteiger charge is -2.34. The molecule has 0 aromatic rings. The van der Waals surface area contributed by atoms with Crippen LogP contribution in [-0.2, 0) is 4.79 Å². The van der Waals surface area contributed by atoms with E-state index in [9.17, 15) is 14.3 Å². The van der Waals surface area contributed by atoms with Crippen LogP contribution in [-0.4, -0.2) is 53.9 Å². The van der Waals surface area contributed by atoms with Gasteiger partial charge in [-0.15, -0.1) is 12.4 Å². The van der Waals surface area contributed by atoms with Crippen molar-refractivity contribution in [3.8, 4) is 0 Å². The summed E-state index contributed by atoms with van der Waals surface area (Å²) < 4.78 is 13.5. The van der Waals surface area contributed by atoms with Crippen LogP contribution in [0, 0.1) is 0 Å². The Kier molecular flexibility index (Phi) is 4.31. The van der Waals surface area contributed by atoms with Crippen molar-refractivity contribution in [3.05, 3.63) is 0 Å². The fraction of sp³-hybridized carbons (Fsp3) is 0.889. The minimum absolute atomic E-state index is 0. The first-order valence-corrected chi connectivity index (χ1v) is 5.03. The van der Waals surface area contributed by atoms with Crippen LogP contribution in [0.1, 0.15) is 12.8 Å². The van der Waals surface area contributed by atoms with Crippen LogP contribution in [0.3, 0.4) is 0 Å². The van der Waals surface area contributed by atoms with Gasteiger partial charge in [0.2, 0.25) is 0 Å². The molecule has 2 heterocycles. The first-order chi connectivity index (χ1) is 6.70. The molecular formula is C9H16ClFN2O2. The SMILES string of the molecule is Cl.O=C1[C@H](O)CCN1[C@@H]1CCNC[C@@H]1F. The third-order valence-corrected chi connectivity index (χ3v) is 2.99. The molecular weight excluding hydrogens is 223 g/mol. The predicted octanol–water partition coefficient (Wildman–Crippen LogP) is -0.299. The fourth-order valence-electron chi connectivity index (χ4n) is 2.17. The van der Waals surface area contributed by atoms with Crippen molar-refractivity contribution in [1.29, 1.82) is 0 Å². The summed E-state index contributed by atoms with van der Waals surface area (Å²) in [7, 11) is 0. The summed E-state index contributed by atoms with van der Waals surface area (Å²) in [4.78, 5) is 12.9. The number of nitrogens with one attached hydrogen (secondary N) is 1. The van der Waals surface area contributed by atoms with Gasteiger partial charge in [0, 0.05) is 13.1 Å². The molecule has 6 heteroatoms. The second-order valence-electron chi connectivity index (χ2n) is 3.91. The molecule has 0 bridgehead atoms. The lowest BCUT2D eigenvalue weighted by Crippen LogP contribution is -2.52. The molecule has 2 rings (SSSR count). The maximum atomic E-state index is 13.5. The number of piperidine rings is 1. The molecule has 2 N–H and O–H groups in total. The zero-order valence-corrected chi connectivity index (χ0v) is 9.17. The maximum Gasteiger partial charge on any atom is 0.251 e. The Morgan fingerprint density at radius 3 is 2.73 bits per heavy atom. The molecule has 3 atom stereocenters. The average molecular weight is 239 g/mol. The first kappa shape index (κ1) is 12.7. The highest BCUT2D eigenvalue weighted by atomic mass is 35.5. The summed E-state index contributed by atoms with van der Waals surface area (Å²) in [6, 6.07) is -0.332. The van der Waals surface area contributed by atoms with E-state index in [1.165, 1.54) is 4.90 Å². The zero-order valence-electron chi connectivity index (χ0n) is 8.36. The number of hydrogen-bond donors (Lipinski definition) is 2. The molecule has 1 amide bonds. The van der Waals surface area contributed by atoms with E-state index in [1.54, 1.807) is 0 Å². The Bertz CT molecular complexity index is 242. The molecule has 0 saturated carbocycles. The summed E-state index contributed by atoms with van der Waals surface area (Å²) in [6.45, 7) is 1.54. The van der Waals surface area contributed by atoms with Crippen molar-refractivity contribution in [2.75, 3.05) is 19.6 Å². The van der Waals surface area contributed by atoms with Gasteiger partial charge >= 0.3 is 0 Å². The second-order valence-corrected chi connectivity index (χ2v) is 3.91. The third kappa shape index (κ3) is 2.41. The fourth-order valence-corrected chi connectivity index (χ4v) is 2.17. The number of carbonyl (C=O) groups excluding carboxylic acids is 1. The topological polar surface area (TPSA) is 52.6 Å². The number of aliphatic hydroxyl groups is 1. The van der Waals surface area contributed by atoms with Gasteiger partial charge in [-0.1, -0.05) is 0 Å². The van der Waals surface area contributed by atoms with Crippen molar-refractivity contribution in [3.63, 3.8) is 0 Å². The van der Waals surface area contributed by atoms with Gasteiger partial charge in [0.1, 0.15) is 12.3 Å². The van der Waals surface area contributed by atoms with Crippen molar-refractivity contribution >= 4 is 18.3 Å². The van der Waals surface area contributed by atoms with Crippen molar-refractivity contribution < 1.29 is 14.3 Å². The number of likely N-dealkylation sites (tertiary alicyclic amines) is 1. The van der Waals surface area contributed by atoms with Gasteiger partial charge in [-0.25, -0.2) is 4.39 Å². The summed E-state index contributed by atoms with van der Waals surface area (Å²) in [5.41, 5.74) is 0. The minimum atomic E-state index is -1.00. The molecule has 0 radical (unpaired) electrons. The predicted molar refractivity (Wildman–Crippen MR) is 55.8 cm³/mol. The Morgan fingerprint density at radius 1 is 1.47 bits per heavy atom. The Morgan fingerprint density at radius 2 is 2.20 bits per heavy atom. The quantitative estimate of drug-likeness (QED) is 0.660. The summed E-state index contributed by atoms with van der Waals surface area (Å²) in [5.74, 6) is -0.306. The standard InChI is InChI=1S/C9H15FN2O2.ClH/c10-6-5-11-3-1-7(6)12-4-2-8(13)9(12)14;/h6-8,11,13H,1-5H2;1H/t6-,7+,8+;/m0./s1. The molecule has 2 aliphatic heterocycles. The number of aliphatic hydroxyl groups excluding tert-OH is 1. The van der Waals surface area contributed by atoms with E-state index in [-0.39, 0.29) is 24.4 Å². The van der Waals surface area contributed by atoms with Gasteiger partial charge in [0.05, 0.1) is 6.04 Å². The van der Waals surface area contributed by atoms with Crippen molar-refractivity contribution in [2.24, 2.45) is 0 Å². The number of amides is 1. The smallest absolute Gasteiger partial charge is 0.251 e. The van der Waals surface area contributed by atoms with Gasteiger partial charge < -0.3 is 15.3 Å². The van der Waals surface area contributed by atoms with Crippen LogP contribution in [0.2, 0.25) is 0 Å². The number of halogens is 2. The molecule has 0 unspecified atom stereocenters. The second kappa shape index (κ2) is 5.09. The number of alkyl halides is 1. The molecule has 2 saturated heterocycles. The van der Waals surface area contributed by atoms with Crippen LogP contribution in [0.5, 0.6) is 0 Å². The Balaban J connectivity index is 0.00000112. The minimum Gasteiger partial charge on any atom is -0.383 e. The largest absolute Gasteiger partial charge is 0.383 e. The lowest BCUT2D eigenvalue weighted by molar-refractivity contribution is -0.138. The van der Waals surface area contributed by atoms with E-state index < -0.39 is 12.3 Å². The van der Waals surface area contributed by atoms with E-state index in [0.717, 1.165) is 6.54 Å². The Hall–Kier alpha value is -0.390. The number of rotatable bonds is 1. The number of hydrogen-bond acceptors (Lipinski definition) is 3. The average Bonchev–Trinajstić information content (AvgIpc) is 2.49. The molecule has 0 aromatic carbocycles. The summed E-state index contributed by atoms with van der Waals surface area (Å²) in [6.07, 6.45) is -0.829. The van der Waals surface area contributed by atoms with Crippen LogP contribution < -0.4 is 5.32 Å². The van der Waals surface area contributed by atoms with E-state index in [2.05, 4.69) is 5.32 Å². The van der Waals surface area contributed by atoms with E-state index in [4.69, 9.17) is 0 Å². The van der Waals surface area contributed by atoms with Gasteiger partial charge in [0.25, 0.3) is 5.91 Å². The highest BCUT2D eigenvalue weighted by Crippen LogP contribution is 2.21. The highest BCUT2D eigenvalue weighted by Gasteiger charge is 2.39. The molecule has 0 aromatic heterocycles. The Labute approximate surface area is 94.2 Å². The van der Waals surface area contributed by atoms with Crippen molar-refractivity contribution in [2.45, 2.75) is 31.2 Å².